The molecule has 2 atom stereocenters. The van der Waals surface area contributed by atoms with Crippen LogP contribution in [0.2, 0.25) is 0 Å². The standard InChI is InChI=1S/C13H22N2O3/c1-4-18-12(16)8-15(9(2)3)13(17)10-5-6-11(14)7-10/h5-6,9-11H,4,7-8,14H2,1-3H3. The summed E-state index contributed by atoms with van der Waals surface area (Å²) in [5, 5.41) is 0. The van der Waals surface area contributed by atoms with E-state index in [2.05, 4.69) is 0 Å². The van der Waals surface area contributed by atoms with Crippen LogP contribution in [0.25, 0.3) is 0 Å². The maximum Gasteiger partial charge on any atom is 0.325 e. The van der Waals surface area contributed by atoms with Crippen molar-refractivity contribution in [3.05, 3.63) is 12.2 Å². The van der Waals surface area contributed by atoms with Crippen molar-refractivity contribution >= 4 is 11.9 Å². The molecule has 0 aliphatic heterocycles. The van der Waals surface area contributed by atoms with Crippen LogP contribution in [-0.2, 0) is 14.3 Å². The number of carbonyl (C=O) groups is 2. The normalized spacial score (nSPS) is 22.3. The van der Waals surface area contributed by atoms with Crippen LogP contribution < -0.4 is 5.73 Å². The zero-order valence-electron chi connectivity index (χ0n) is 11.3. The van der Waals surface area contributed by atoms with Gasteiger partial charge in [0.05, 0.1) is 12.5 Å². The van der Waals surface area contributed by atoms with Gasteiger partial charge in [0, 0.05) is 12.1 Å². The van der Waals surface area contributed by atoms with Crippen molar-refractivity contribution in [1.29, 1.82) is 0 Å². The molecular formula is C13H22N2O3. The Balaban J connectivity index is 2.64. The van der Waals surface area contributed by atoms with Crippen molar-refractivity contribution < 1.29 is 14.3 Å². The Labute approximate surface area is 108 Å². The first kappa shape index (κ1) is 14.7. The summed E-state index contributed by atoms with van der Waals surface area (Å²) in [6, 6.07) is -0.0947. The molecule has 0 bridgehead atoms. The van der Waals surface area contributed by atoms with Crippen molar-refractivity contribution in [3.8, 4) is 0 Å². The first-order valence-electron chi connectivity index (χ1n) is 6.35. The van der Waals surface area contributed by atoms with Crippen LogP contribution in [0.3, 0.4) is 0 Å². The van der Waals surface area contributed by atoms with Crippen LogP contribution in [-0.4, -0.2) is 42.0 Å². The van der Waals surface area contributed by atoms with Crippen molar-refractivity contribution in [3.63, 3.8) is 0 Å². The highest BCUT2D eigenvalue weighted by molar-refractivity contribution is 5.85. The molecule has 2 N–H and O–H groups in total. The smallest absolute Gasteiger partial charge is 0.325 e. The Morgan fingerprint density at radius 3 is 2.56 bits per heavy atom. The summed E-state index contributed by atoms with van der Waals surface area (Å²) in [7, 11) is 0. The van der Waals surface area contributed by atoms with Gasteiger partial charge >= 0.3 is 5.97 Å². The Morgan fingerprint density at radius 1 is 1.44 bits per heavy atom. The number of nitrogens with two attached hydrogens (primary N) is 1. The molecule has 5 nitrogen and oxygen atoms in total. The van der Waals surface area contributed by atoms with E-state index < -0.39 is 0 Å². The van der Waals surface area contributed by atoms with E-state index in [1.807, 2.05) is 26.0 Å². The molecule has 0 spiro atoms. The fourth-order valence-corrected chi connectivity index (χ4v) is 1.98. The molecule has 0 saturated heterocycles. The third kappa shape index (κ3) is 3.84. The summed E-state index contributed by atoms with van der Waals surface area (Å²) in [6.45, 7) is 5.85. The molecule has 1 aliphatic rings. The second-order valence-corrected chi connectivity index (χ2v) is 4.76. The minimum Gasteiger partial charge on any atom is -0.465 e. The third-order valence-corrected chi connectivity index (χ3v) is 2.95. The average Bonchev–Trinajstić information content (AvgIpc) is 2.72. The number of esters is 1. The van der Waals surface area contributed by atoms with Crippen molar-refractivity contribution in [2.24, 2.45) is 11.7 Å². The molecule has 0 fully saturated rings. The predicted molar refractivity (Wildman–Crippen MR) is 68.7 cm³/mol. The van der Waals surface area contributed by atoms with E-state index in [4.69, 9.17) is 10.5 Å². The minimum absolute atomic E-state index is 0.00389. The molecule has 1 rings (SSSR count). The maximum absolute atomic E-state index is 12.3. The van der Waals surface area contributed by atoms with E-state index >= 15 is 0 Å². The molecule has 0 aromatic heterocycles. The predicted octanol–water partition coefficient (Wildman–Crippen LogP) is 0.690. The van der Waals surface area contributed by atoms with Crippen LogP contribution in [0, 0.1) is 5.92 Å². The van der Waals surface area contributed by atoms with Gasteiger partial charge < -0.3 is 15.4 Å². The Hall–Kier alpha value is -1.36. The third-order valence-electron chi connectivity index (χ3n) is 2.95. The van der Waals surface area contributed by atoms with Gasteiger partial charge in [-0.25, -0.2) is 0 Å². The lowest BCUT2D eigenvalue weighted by Gasteiger charge is -2.28. The van der Waals surface area contributed by atoms with E-state index in [9.17, 15) is 9.59 Å². The van der Waals surface area contributed by atoms with Gasteiger partial charge in [0.15, 0.2) is 0 Å². The highest BCUT2D eigenvalue weighted by Gasteiger charge is 2.29. The molecule has 1 aliphatic carbocycles. The monoisotopic (exact) mass is 254 g/mol. The van der Waals surface area contributed by atoms with E-state index in [1.165, 1.54) is 0 Å². The van der Waals surface area contributed by atoms with Gasteiger partial charge in [0.1, 0.15) is 6.54 Å². The molecule has 18 heavy (non-hydrogen) atoms. The number of rotatable bonds is 5. The van der Waals surface area contributed by atoms with E-state index in [-0.39, 0.29) is 36.4 Å². The van der Waals surface area contributed by atoms with Crippen molar-refractivity contribution in [2.75, 3.05) is 13.2 Å². The largest absolute Gasteiger partial charge is 0.465 e. The summed E-state index contributed by atoms with van der Waals surface area (Å²) in [4.78, 5) is 25.3. The first-order valence-corrected chi connectivity index (χ1v) is 6.35. The molecule has 1 amide bonds. The fourth-order valence-electron chi connectivity index (χ4n) is 1.98. The van der Waals surface area contributed by atoms with E-state index in [0.717, 1.165) is 0 Å². The number of ether oxygens (including phenoxy) is 1. The minimum atomic E-state index is -0.370. The highest BCUT2D eigenvalue weighted by Crippen LogP contribution is 2.20. The molecule has 0 radical (unpaired) electrons. The molecule has 0 saturated carbocycles. The lowest BCUT2D eigenvalue weighted by molar-refractivity contribution is -0.151. The Bertz CT molecular complexity index is 339. The summed E-state index contributed by atoms with van der Waals surface area (Å²) in [5.41, 5.74) is 5.74. The molecule has 5 heteroatoms. The fraction of sp³-hybridized carbons (Fsp3) is 0.692. The lowest BCUT2D eigenvalue weighted by atomic mass is 10.1. The zero-order valence-corrected chi connectivity index (χ0v) is 11.3. The molecule has 0 heterocycles. The number of amides is 1. The van der Waals surface area contributed by atoms with Crippen LogP contribution in [0.1, 0.15) is 27.2 Å². The van der Waals surface area contributed by atoms with Gasteiger partial charge in [-0.2, -0.15) is 0 Å². The second kappa shape index (κ2) is 6.54. The average molecular weight is 254 g/mol. The highest BCUT2D eigenvalue weighted by atomic mass is 16.5. The molecule has 0 aromatic carbocycles. The van der Waals surface area contributed by atoms with Gasteiger partial charge in [-0.1, -0.05) is 12.2 Å². The van der Waals surface area contributed by atoms with Crippen LogP contribution in [0.5, 0.6) is 0 Å². The SMILES string of the molecule is CCOC(=O)CN(C(=O)C1C=CC(N)C1)C(C)C. The molecule has 2 unspecified atom stereocenters. The van der Waals surface area contributed by atoms with Gasteiger partial charge in [0.25, 0.3) is 0 Å². The van der Waals surface area contributed by atoms with Gasteiger partial charge in [0.2, 0.25) is 5.91 Å². The number of hydrogen-bond donors (Lipinski definition) is 1. The van der Waals surface area contributed by atoms with Crippen LogP contribution in [0.15, 0.2) is 12.2 Å². The Morgan fingerprint density at radius 2 is 2.11 bits per heavy atom. The lowest BCUT2D eigenvalue weighted by Crippen LogP contribution is -2.44. The summed E-state index contributed by atoms with van der Waals surface area (Å²) < 4.78 is 4.88. The van der Waals surface area contributed by atoms with Crippen molar-refractivity contribution in [1.82, 2.24) is 4.90 Å². The van der Waals surface area contributed by atoms with Gasteiger partial charge in [-0.3, -0.25) is 9.59 Å². The van der Waals surface area contributed by atoms with Gasteiger partial charge in [-0.15, -0.1) is 0 Å². The quantitative estimate of drug-likeness (QED) is 0.578. The second-order valence-electron chi connectivity index (χ2n) is 4.76. The Kier molecular flexibility index (Phi) is 5.34. The summed E-state index contributed by atoms with van der Waals surface area (Å²) >= 11 is 0. The topological polar surface area (TPSA) is 72.6 Å². The number of carbonyl (C=O) groups excluding carboxylic acids is 2. The molecular weight excluding hydrogens is 232 g/mol. The molecule has 102 valence electrons. The zero-order chi connectivity index (χ0) is 13.7. The van der Waals surface area contributed by atoms with Gasteiger partial charge in [-0.05, 0) is 27.2 Å². The van der Waals surface area contributed by atoms with Crippen LogP contribution >= 0.6 is 0 Å². The number of hydrogen-bond acceptors (Lipinski definition) is 4. The van der Waals surface area contributed by atoms with Crippen LogP contribution in [0.4, 0.5) is 0 Å². The number of nitrogens with zero attached hydrogens (tertiary/aromatic N) is 1. The van der Waals surface area contributed by atoms with E-state index in [0.29, 0.717) is 13.0 Å². The van der Waals surface area contributed by atoms with Crippen molar-refractivity contribution in [2.45, 2.75) is 39.3 Å². The molecule has 0 aromatic rings. The summed E-state index contributed by atoms with van der Waals surface area (Å²) in [5.74, 6) is -0.634. The maximum atomic E-state index is 12.3. The first-order chi connectivity index (χ1) is 8.45. The summed E-state index contributed by atoms with van der Waals surface area (Å²) in [6.07, 6.45) is 4.28. The van der Waals surface area contributed by atoms with E-state index in [1.54, 1.807) is 11.8 Å².